The number of aromatic nitrogens is 1. The summed E-state index contributed by atoms with van der Waals surface area (Å²) in [4.78, 5) is 21.0. The Labute approximate surface area is 179 Å². The van der Waals surface area contributed by atoms with Crippen LogP contribution in [0.4, 0.5) is 0 Å². The van der Waals surface area contributed by atoms with Crippen LogP contribution in [0.15, 0.2) is 53.7 Å². The Bertz CT molecular complexity index is 938. The van der Waals surface area contributed by atoms with Gasteiger partial charge in [0.15, 0.2) is 0 Å². The van der Waals surface area contributed by atoms with E-state index in [9.17, 15) is 13.2 Å². The van der Waals surface area contributed by atoms with Gasteiger partial charge in [0.2, 0.25) is 10.0 Å². The molecule has 1 saturated heterocycles. The molecule has 162 valence electrons. The van der Waals surface area contributed by atoms with Crippen LogP contribution in [-0.2, 0) is 16.6 Å². The second kappa shape index (κ2) is 9.68. The molecule has 7 nitrogen and oxygen atoms in total. The summed E-state index contributed by atoms with van der Waals surface area (Å²) in [5.41, 5.74) is 1.81. The first-order valence-corrected chi connectivity index (χ1v) is 11.8. The van der Waals surface area contributed by atoms with Crippen molar-refractivity contribution in [3.63, 3.8) is 0 Å². The highest BCUT2D eigenvalue weighted by Crippen LogP contribution is 2.18. The highest BCUT2D eigenvalue weighted by atomic mass is 32.2. The minimum Gasteiger partial charge on any atom is -0.336 e. The van der Waals surface area contributed by atoms with Gasteiger partial charge in [-0.2, -0.15) is 4.31 Å². The molecular formula is C22H30N4O3S. The number of pyridine rings is 1. The molecule has 30 heavy (non-hydrogen) atoms. The van der Waals surface area contributed by atoms with E-state index in [1.165, 1.54) is 16.1 Å². The molecule has 0 N–H and O–H groups in total. The quantitative estimate of drug-likeness (QED) is 0.675. The number of amides is 1. The average Bonchev–Trinajstić information content (AvgIpc) is 2.78. The third-order valence-corrected chi connectivity index (χ3v) is 7.40. The average molecular weight is 431 g/mol. The molecule has 2 heterocycles. The fourth-order valence-electron chi connectivity index (χ4n) is 3.61. The molecule has 1 aliphatic heterocycles. The zero-order valence-corrected chi connectivity index (χ0v) is 18.7. The lowest BCUT2D eigenvalue weighted by atomic mass is 10.1. The van der Waals surface area contributed by atoms with Crippen LogP contribution in [-0.4, -0.2) is 72.2 Å². The molecule has 1 fully saturated rings. The topological polar surface area (TPSA) is 73.8 Å². The lowest BCUT2D eigenvalue weighted by molar-refractivity contribution is 0.0698. The number of sulfonamides is 1. The third-order valence-electron chi connectivity index (χ3n) is 5.52. The first-order valence-electron chi connectivity index (χ1n) is 10.4. The second-order valence-corrected chi connectivity index (χ2v) is 9.68. The van der Waals surface area contributed by atoms with Crippen molar-refractivity contribution < 1.29 is 13.2 Å². The number of benzene rings is 1. The summed E-state index contributed by atoms with van der Waals surface area (Å²) in [6.45, 7) is 9.63. The molecule has 1 aromatic carbocycles. The molecule has 0 atom stereocenters. The van der Waals surface area contributed by atoms with Crippen molar-refractivity contribution in [3.05, 3.63) is 59.9 Å². The number of piperazine rings is 1. The molecule has 1 amide bonds. The lowest BCUT2D eigenvalue weighted by Crippen LogP contribution is -2.50. The van der Waals surface area contributed by atoms with Crippen molar-refractivity contribution in [2.75, 3.05) is 32.7 Å². The van der Waals surface area contributed by atoms with Crippen LogP contribution in [0.3, 0.4) is 0 Å². The molecule has 3 rings (SSSR count). The molecule has 2 aromatic rings. The molecule has 0 aliphatic carbocycles. The van der Waals surface area contributed by atoms with Gasteiger partial charge >= 0.3 is 0 Å². The Morgan fingerprint density at radius 3 is 2.30 bits per heavy atom. The van der Waals surface area contributed by atoms with Crippen LogP contribution in [0.25, 0.3) is 0 Å². The van der Waals surface area contributed by atoms with Crippen molar-refractivity contribution in [1.29, 1.82) is 0 Å². The Kier molecular flexibility index (Phi) is 7.23. The van der Waals surface area contributed by atoms with E-state index in [2.05, 4.69) is 30.7 Å². The molecule has 1 aromatic heterocycles. The number of carbonyl (C=O) groups is 1. The van der Waals surface area contributed by atoms with Crippen LogP contribution < -0.4 is 0 Å². The van der Waals surface area contributed by atoms with Gasteiger partial charge in [0.05, 0.1) is 0 Å². The van der Waals surface area contributed by atoms with E-state index in [-0.39, 0.29) is 23.9 Å². The summed E-state index contributed by atoms with van der Waals surface area (Å²) in [5.74, 6) is -0.0591. The molecule has 0 spiro atoms. The first kappa shape index (κ1) is 22.4. The molecular weight excluding hydrogens is 400 g/mol. The zero-order chi connectivity index (χ0) is 21.7. The Hall–Kier alpha value is -2.29. The Morgan fingerprint density at radius 1 is 1.10 bits per heavy atom. The van der Waals surface area contributed by atoms with Gasteiger partial charge in [0, 0.05) is 56.7 Å². The fraction of sp³-hybridized carbons (Fsp3) is 0.455. The smallest absolute Gasteiger partial charge is 0.253 e. The SMILES string of the molecule is CCN(Cc1ccc(C(=O)N2CCN(S(=O)(=O)c3cccnc3)CC2)cc1)C(C)C. The molecule has 0 bridgehead atoms. The van der Waals surface area contributed by atoms with Gasteiger partial charge in [0.1, 0.15) is 4.90 Å². The van der Waals surface area contributed by atoms with E-state index in [1.807, 2.05) is 24.3 Å². The monoisotopic (exact) mass is 430 g/mol. The molecule has 0 saturated carbocycles. The number of hydrogen-bond donors (Lipinski definition) is 0. The predicted octanol–water partition coefficient (Wildman–Crippen LogP) is 2.46. The number of hydrogen-bond acceptors (Lipinski definition) is 5. The van der Waals surface area contributed by atoms with Gasteiger partial charge in [-0.3, -0.25) is 14.7 Å². The molecule has 0 unspecified atom stereocenters. The van der Waals surface area contributed by atoms with Gasteiger partial charge in [-0.25, -0.2) is 8.42 Å². The number of rotatable bonds is 7. The standard InChI is InChI=1S/C22H30N4O3S/c1-4-24(18(2)3)17-19-7-9-20(10-8-19)22(27)25-12-14-26(15-13-25)30(28,29)21-6-5-11-23-16-21/h5-11,16,18H,4,12-15,17H2,1-3H3. The predicted molar refractivity (Wildman–Crippen MR) is 117 cm³/mol. The molecule has 0 radical (unpaired) electrons. The van der Waals surface area contributed by atoms with Crippen molar-refractivity contribution >= 4 is 15.9 Å². The van der Waals surface area contributed by atoms with Gasteiger partial charge in [-0.05, 0) is 50.2 Å². The summed E-state index contributed by atoms with van der Waals surface area (Å²) in [5, 5.41) is 0. The summed E-state index contributed by atoms with van der Waals surface area (Å²) >= 11 is 0. The summed E-state index contributed by atoms with van der Waals surface area (Å²) < 4.78 is 26.8. The van der Waals surface area contributed by atoms with E-state index >= 15 is 0 Å². The third kappa shape index (κ3) is 5.06. The fourth-order valence-corrected chi connectivity index (χ4v) is 5.00. The summed E-state index contributed by atoms with van der Waals surface area (Å²) in [6.07, 6.45) is 2.90. The van der Waals surface area contributed by atoms with Crippen LogP contribution >= 0.6 is 0 Å². The van der Waals surface area contributed by atoms with E-state index in [4.69, 9.17) is 0 Å². The van der Waals surface area contributed by atoms with Crippen molar-refractivity contribution in [2.45, 2.75) is 38.3 Å². The first-order chi connectivity index (χ1) is 14.3. The summed E-state index contributed by atoms with van der Waals surface area (Å²) in [6, 6.07) is 11.4. The Balaban J connectivity index is 1.60. The highest BCUT2D eigenvalue weighted by Gasteiger charge is 2.30. The molecule has 8 heteroatoms. The van der Waals surface area contributed by atoms with Gasteiger partial charge in [-0.15, -0.1) is 0 Å². The van der Waals surface area contributed by atoms with Crippen molar-refractivity contribution in [2.24, 2.45) is 0 Å². The maximum absolute atomic E-state index is 12.9. The van der Waals surface area contributed by atoms with Gasteiger partial charge in [-0.1, -0.05) is 19.1 Å². The molecule has 1 aliphatic rings. The van der Waals surface area contributed by atoms with E-state index in [1.54, 1.807) is 23.2 Å². The minimum atomic E-state index is -3.57. The number of carbonyl (C=O) groups excluding carboxylic acids is 1. The number of nitrogens with zero attached hydrogens (tertiary/aromatic N) is 4. The maximum Gasteiger partial charge on any atom is 0.253 e. The van der Waals surface area contributed by atoms with Crippen LogP contribution in [0.1, 0.15) is 36.7 Å². The van der Waals surface area contributed by atoms with Crippen LogP contribution in [0, 0.1) is 0 Å². The van der Waals surface area contributed by atoms with E-state index in [0.717, 1.165) is 13.1 Å². The van der Waals surface area contributed by atoms with Crippen molar-refractivity contribution in [1.82, 2.24) is 19.1 Å². The largest absolute Gasteiger partial charge is 0.336 e. The minimum absolute atomic E-state index is 0.0591. The zero-order valence-electron chi connectivity index (χ0n) is 17.9. The van der Waals surface area contributed by atoms with Gasteiger partial charge < -0.3 is 4.90 Å². The van der Waals surface area contributed by atoms with Crippen molar-refractivity contribution in [3.8, 4) is 0 Å². The summed E-state index contributed by atoms with van der Waals surface area (Å²) in [7, 11) is -3.57. The highest BCUT2D eigenvalue weighted by molar-refractivity contribution is 7.89. The van der Waals surface area contributed by atoms with E-state index in [0.29, 0.717) is 24.7 Å². The normalized spacial score (nSPS) is 15.7. The Morgan fingerprint density at radius 2 is 1.77 bits per heavy atom. The maximum atomic E-state index is 12.9. The van der Waals surface area contributed by atoms with Crippen LogP contribution in [0.2, 0.25) is 0 Å². The second-order valence-electron chi connectivity index (χ2n) is 7.74. The van der Waals surface area contributed by atoms with E-state index < -0.39 is 10.0 Å². The van der Waals surface area contributed by atoms with Gasteiger partial charge in [0.25, 0.3) is 5.91 Å². The lowest BCUT2D eigenvalue weighted by Gasteiger charge is -2.34. The van der Waals surface area contributed by atoms with Crippen LogP contribution in [0.5, 0.6) is 0 Å².